The lowest BCUT2D eigenvalue weighted by molar-refractivity contribution is 0.0903. The fourth-order valence-electron chi connectivity index (χ4n) is 3.93. The van der Waals surface area contributed by atoms with Crippen molar-refractivity contribution in [1.29, 1.82) is 0 Å². The molecular formula is C22H20Cl3FN2O2. The Morgan fingerprint density at radius 2 is 1.73 bits per heavy atom. The summed E-state index contributed by atoms with van der Waals surface area (Å²) in [6.45, 7) is 0.836. The smallest absolute Gasteiger partial charge is 0.409 e. The predicted octanol–water partition coefficient (Wildman–Crippen LogP) is 6.59. The Morgan fingerprint density at radius 3 is 2.40 bits per heavy atom. The number of carbonyl (C=O) groups is 1. The van der Waals surface area contributed by atoms with Crippen LogP contribution in [0, 0.1) is 5.82 Å². The third-order valence-corrected chi connectivity index (χ3v) is 5.70. The van der Waals surface area contributed by atoms with Crippen LogP contribution in [0.5, 0.6) is 0 Å². The maximum atomic E-state index is 13.4. The molecule has 0 aliphatic carbocycles. The Labute approximate surface area is 189 Å². The van der Waals surface area contributed by atoms with Crippen LogP contribution >= 0.6 is 34.8 Å². The van der Waals surface area contributed by atoms with Gasteiger partial charge in [0.05, 0.1) is 0 Å². The Hall–Kier alpha value is -1.95. The van der Waals surface area contributed by atoms with Crippen LogP contribution in [0.1, 0.15) is 18.9 Å². The molecule has 4 nitrogen and oxygen atoms in total. The molecule has 0 spiro atoms. The molecule has 2 aromatic carbocycles. The van der Waals surface area contributed by atoms with Crippen molar-refractivity contribution in [2.45, 2.75) is 22.7 Å². The summed E-state index contributed by atoms with van der Waals surface area (Å²) >= 11 is 16.9. The molecular weight excluding hydrogens is 450 g/mol. The molecule has 1 amide bonds. The SMILES string of the molecule is O=C(OCC(Cl)(Cl)Cl)N1CCC(n2cc(-c3ccc(F)cc3)c3ccccc32)CC1. The number of benzene rings is 2. The number of nitrogens with zero attached hydrogens (tertiary/aromatic N) is 2. The highest BCUT2D eigenvalue weighted by Crippen LogP contribution is 2.35. The van der Waals surface area contributed by atoms with Gasteiger partial charge in [-0.25, -0.2) is 9.18 Å². The molecule has 1 aliphatic heterocycles. The van der Waals surface area contributed by atoms with Gasteiger partial charge in [0.15, 0.2) is 0 Å². The zero-order valence-corrected chi connectivity index (χ0v) is 18.3. The highest BCUT2D eigenvalue weighted by atomic mass is 35.6. The molecule has 0 radical (unpaired) electrons. The second-order valence-electron chi connectivity index (χ2n) is 7.36. The summed E-state index contributed by atoms with van der Waals surface area (Å²) < 4.78 is 19.1. The number of hydrogen-bond donors (Lipinski definition) is 0. The lowest BCUT2D eigenvalue weighted by Gasteiger charge is -2.32. The van der Waals surface area contributed by atoms with Crippen molar-refractivity contribution in [1.82, 2.24) is 9.47 Å². The number of likely N-dealkylation sites (tertiary alicyclic amines) is 1. The van der Waals surface area contributed by atoms with Crippen molar-refractivity contribution in [2.24, 2.45) is 0 Å². The van der Waals surface area contributed by atoms with Gasteiger partial charge in [-0.2, -0.15) is 0 Å². The molecule has 4 rings (SSSR count). The lowest BCUT2D eigenvalue weighted by atomic mass is 10.0. The first-order chi connectivity index (χ1) is 14.3. The number of fused-ring (bicyclic) bond motifs is 1. The number of alkyl halides is 3. The molecule has 0 N–H and O–H groups in total. The zero-order chi connectivity index (χ0) is 21.3. The van der Waals surface area contributed by atoms with E-state index >= 15 is 0 Å². The van der Waals surface area contributed by atoms with Crippen LogP contribution in [-0.2, 0) is 4.74 Å². The molecule has 1 saturated heterocycles. The zero-order valence-electron chi connectivity index (χ0n) is 16.0. The van der Waals surface area contributed by atoms with Crippen LogP contribution < -0.4 is 0 Å². The maximum Gasteiger partial charge on any atom is 0.409 e. The van der Waals surface area contributed by atoms with Gasteiger partial charge in [-0.05, 0) is 36.6 Å². The maximum absolute atomic E-state index is 13.4. The number of halogens is 4. The minimum atomic E-state index is -1.62. The van der Waals surface area contributed by atoms with Gasteiger partial charge in [0.2, 0.25) is 3.79 Å². The second-order valence-corrected chi connectivity index (χ2v) is 9.88. The van der Waals surface area contributed by atoms with Gasteiger partial charge in [-0.15, -0.1) is 0 Å². The molecule has 8 heteroatoms. The van der Waals surface area contributed by atoms with Crippen molar-refractivity contribution in [3.63, 3.8) is 0 Å². The predicted molar refractivity (Wildman–Crippen MR) is 119 cm³/mol. The van der Waals surface area contributed by atoms with Crippen molar-refractivity contribution in [3.05, 3.63) is 60.5 Å². The number of carbonyl (C=O) groups excluding carboxylic acids is 1. The number of piperidine rings is 1. The van der Waals surface area contributed by atoms with E-state index in [1.165, 1.54) is 12.1 Å². The van der Waals surface area contributed by atoms with E-state index in [-0.39, 0.29) is 18.5 Å². The Kier molecular flexibility index (Phi) is 6.14. The summed E-state index contributed by atoms with van der Waals surface area (Å²) in [5.74, 6) is -0.253. The minimum Gasteiger partial charge on any atom is -0.445 e. The summed E-state index contributed by atoms with van der Waals surface area (Å²) in [5.41, 5.74) is 3.16. The molecule has 0 saturated carbocycles. The molecule has 30 heavy (non-hydrogen) atoms. The van der Waals surface area contributed by atoms with Crippen molar-refractivity contribution in [3.8, 4) is 11.1 Å². The van der Waals surface area contributed by atoms with Crippen molar-refractivity contribution in [2.75, 3.05) is 19.7 Å². The third-order valence-electron chi connectivity index (χ3n) is 5.37. The minimum absolute atomic E-state index is 0.237. The summed E-state index contributed by atoms with van der Waals surface area (Å²) in [6, 6.07) is 15.0. The van der Waals surface area contributed by atoms with Crippen LogP contribution in [0.4, 0.5) is 9.18 Å². The van der Waals surface area contributed by atoms with Crippen LogP contribution in [0.15, 0.2) is 54.7 Å². The van der Waals surface area contributed by atoms with Crippen molar-refractivity contribution < 1.29 is 13.9 Å². The molecule has 1 aliphatic rings. The number of hydrogen-bond acceptors (Lipinski definition) is 2. The number of ether oxygens (including phenoxy) is 1. The highest BCUT2D eigenvalue weighted by molar-refractivity contribution is 6.67. The van der Waals surface area contributed by atoms with Gasteiger partial charge < -0.3 is 14.2 Å². The molecule has 0 unspecified atom stereocenters. The molecule has 1 fully saturated rings. The topological polar surface area (TPSA) is 34.5 Å². The Morgan fingerprint density at radius 1 is 1.07 bits per heavy atom. The van der Waals surface area contributed by atoms with Crippen molar-refractivity contribution >= 4 is 51.8 Å². The van der Waals surface area contributed by atoms with E-state index < -0.39 is 9.89 Å². The molecule has 158 valence electrons. The monoisotopic (exact) mass is 468 g/mol. The number of aromatic nitrogens is 1. The van der Waals surface area contributed by atoms with E-state index in [0.717, 1.165) is 34.9 Å². The lowest BCUT2D eigenvalue weighted by Crippen LogP contribution is -2.40. The van der Waals surface area contributed by atoms with Crippen LogP contribution in [0.3, 0.4) is 0 Å². The van der Waals surface area contributed by atoms with E-state index in [2.05, 4.69) is 22.9 Å². The highest BCUT2D eigenvalue weighted by Gasteiger charge is 2.28. The van der Waals surface area contributed by atoms with Crippen LogP contribution in [0.2, 0.25) is 0 Å². The van der Waals surface area contributed by atoms with Gasteiger partial charge in [0, 0.05) is 41.8 Å². The van der Waals surface area contributed by atoms with Crippen LogP contribution in [-0.4, -0.2) is 39.0 Å². The summed E-state index contributed by atoms with van der Waals surface area (Å²) in [5, 5.41) is 1.12. The Balaban J connectivity index is 1.52. The van der Waals surface area contributed by atoms with E-state index in [0.29, 0.717) is 13.1 Å². The first-order valence-electron chi connectivity index (χ1n) is 9.66. The largest absolute Gasteiger partial charge is 0.445 e. The van der Waals surface area contributed by atoms with E-state index in [9.17, 15) is 9.18 Å². The first-order valence-corrected chi connectivity index (χ1v) is 10.8. The summed E-state index contributed by atoms with van der Waals surface area (Å²) in [7, 11) is 0. The third kappa shape index (κ3) is 4.69. The summed E-state index contributed by atoms with van der Waals surface area (Å²) in [6.07, 6.45) is 3.22. The fourth-order valence-corrected chi connectivity index (χ4v) is 4.09. The second kappa shape index (κ2) is 8.66. The van der Waals surface area contributed by atoms with Gasteiger partial charge in [0.25, 0.3) is 0 Å². The number of para-hydroxylation sites is 1. The number of amides is 1. The molecule has 0 bridgehead atoms. The van der Waals surface area contributed by atoms with Gasteiger partial charge in [-0.1, -0.05) is 65.1 Å². The average Bonchev–Trinajstić information content (AvgIpc) is 3.12. The van der Waals surface area contributed by atoms with Crippen LogP contribution in [0.25, 0.3) is 22.0 Å². The average molecular weight is 470 g/mol. The quantitative estimate of drug-likeness (QED) is 0.405. The standard InChI is InChI=1S/C22H20Cl3FN2O2/c23-22(24,25)14-30-21(29)27-11-9-17(10-12-27)28-13-19(15-5-7-16(26)8-6-15)18-3-1-2-4-20(18)28/h1-8,13,17H,9-12,14H2. The summed E-state index contributed by atoms with van der Waals surface area (Å²) in [4.78, 5) is 13.8. The Bertz CT molecular complexity index is 1040. The van der Waals surface area contributed by atoms with Gasteiger partial charge in [0.1, 0.15) is 12.4 Å². The van der Waals surface area contributed by atoms with E-state index in [1.807, 2.05) is 12.1 Å². The molecule has 3 aromatic rings. The van der Waals surface area contributed by atoms with E-state index in [4.69, 9.17) is 39.5 Å². The van der Waals surface area contributed by atoms with E-state index in [1.54, 1.807) is 17.0 Å². The van der Waals surface area contributed by atoms with Gasteiger partial charge >= 0.3 is 6.09 Å². The molecule has 2 heterocycles. The first kappa shape index (κ1) is 21.3. The number of rotatable bonds is 3. The van der Waals surface area contributed by atoms with Gasteiger partial charge in [-0.3, -0.25) is 0 Å². The molecule has 0 atom stereocenters. The molecule has 1 aromatic heterocycles. The normalized spacial score (nSPS) is 15.5. The fraction of sp³-hybridized carbons (Fsp3) is 0.318.